The summed E-state index contributed by atoms with van der Waals surface area (Å²) in [5.74, 6) is 0. The molecule has 0 aromatic carbocycles. The van der Waals surface area contributed by atoms with Crippen LogP contribution < -0.4 is 5.32 Å². The van der Waals surface area contributed by atoms with Crippen molar-refractivity contribution in [2.24, 2.45) is 0 Å². The van der Waals surface area contributed by atoms with Crippen LogP contribution >= 0.6 is 0 Å². The molecule has 0 aromatic rings. The lowest BCUT2D eigenvalue weighted by Crippen LogP contribution is -2.26. The average Bonchev–Trinajstić information content (AvgIpc) is 2.16. The third-order valence-electron chi connectivity index (χ3n) is 1.96. The van der Waals surface area contributed by atoms with Gasteiger partial charge in [-0.05, 0) is 6.42 Å². The Hall–Kier alpha value is -0.420. The average molecular weight is 221 g/mol. The Morgan fingerprint density at radius 2 is 1.79 bits per heavy atom. The van der Waals surface area contributed by atoms with Crippen LogP contribution in [0.5, 0.6) is 0 Å². The molecule has 2 N–H and O–H groups in total. The molecule has 0 fully saturated rings. The van der Waals surface area contributed by atoms with Crippen molar-refractivity contribution in [1.29, 1.82) is 0 Å². The first-order chi connectivity index (χ1) is 6.68. The molecule has 0 aromatic heterocycles. The van der Waals surface area contributed by atoms with E-state index >= 15 is 0 Å². The molecule has 0 rings (SSSR count). The zero-order valence-electron chi connectivity index (χ0n) is 8.62. The van der Waals surface area contributed by atoms with Crippen LogP contribution in [0.2, 0.25) is 0 Å². The summed E-state index contributed by atoms with van der Waals surface area (Å²) in [5, 5.41) is 1.59. The minimum Gasteiger partial charge on any atom is -0.343 e. The number of amides is 1. The van der Waals surface area contributed by atoms with Crippen LogP contribution in [0.3, 0.4) is 0 Å². The molecule has 14 heavy (non-hydrogen) atoms. The summed E-state index contributed by atoms with van der Waals surface area (Å²) in [6.07, 6.45) is 6.83. The monoisotopic (exact) mass is 221 g/mol. The van der Waals surface area contributed by atoms with Crippen molar-refractivity contribution in [3.63, 3.8) is 0 Å². The third-order valence-corrected chi connectivity index (χ3v) is 2.42. The van der Waals surface area contributed by atoms with Crippen LogP contribution in [0.25, 0.3) is 0 Å². The summed E-state index contributed by atoms with van der Waals surface area (Å²) in [6, 6.07) is 0. The van der Waals surface area contributed by atoms with E-state index in [-0.39, 0.29) is 0 Å². The highest BCUT2D eigenvalue weighted by molar-refractivity contribution is 7.95. The van der Waals surface area contributed by atoms with Crippen molar-refractivity contribution in [2.45, 2.75) is 45.4 Å². The molecule has 4 nitrogen and oxygen atoms in total. The molecule has 1 unspecified atom stereocenters. The molecule has 0 saturated carbocycles. The van der Waals surface area contributed by atoms with Crippen LogP contribution in [-0.4, -0.2) is 20.5 Å². The van der Waals surface area contributed by atoms with Crippen molar-refractivity contribution in [3.8, 4) is 0 Å². The van der Waals surface area contributed by atoms with Gasteiger partial charge in [0.2, 0.25) is 11.1 Å². The molecule has 5 heteroatoms. The molecule has 0 aliphatic heterocycles. The van der Waals surface area contributed by atoms with Crippen LogP contribution in [0.15, 0.2) is 0 Å². The molecule has 1 atom stereocenters. The largest absolute Gasteiger partial charge is 0.343 e. The number of nitrogens with one attached hydrogen (secondary N) is 1. The fraction of sp³-hybridized carbons (Fsp3) is 0.889. The van der Waals surface area contributed by atoms with Gasteiger partial charge in [0.05, 0.1) is 0 Å². The number of rotatable bonds is 7. The van der Waals surface area contributed by atoms with E-state index in [0.29, 0.717) is 6.54 Å². The SMILES string of the molecule is CCCCCCCCNC(=O)S(=O)O. The van der Waals surface area contributed by atoms with Gasteiger partial charge >= 0.3 is 5.24 Å². The Bertz CT molecular complexity index is 185. The highest BCUT2D eigenvalue weighted by Gasteiger charge is 2.05. The molecule has 0 bridgehead atoms. The molecule has 0 aliphatic rings. The van der Waals surface area contributed by atoms with Gasteiger partial charge in [-0.2, -0.15) is 0 Å². The normalized spacial score (nSPS) is 12.4. The van der Waals surface area contributed by atoms with Crippen molar-refractivity contribution < 1.29 is 13.6 Å². The first-order valence-electron chi connectivity index (χ1n) is 5.07. The fourth-order valence-corrected chi connectivity index (χ4v) is 1.38. The zero-order chi connectivity index (χ0) is 10.8. The second-order valence-electron chi connectivity index (χ2n) is 3.23. The summed E-state index contributed by atoms with van der Waals surface area (Å²) in [4.78, 5) is 10.6. The van der Waals surface area contributed by atoms with Crippen molar-refractivity contribution in [3.05, 3.63) is 0 Å². The van der Waals surface area contributed by atoms with Gasteiger partial charge in [-0.1, -0.05) is 39.0 Å². The number of hydrogen-bond acceptors (Lipinski definition) is 2. The van der Waals surface area contributed by atoms with Crippen molar-refractivity contribution >= 4 is 16.3 Å². The Kier molecular flexibility index (Phi) is 8.87. The van der Waals surface area contributed by atoms with Crippen molar-refractivity contribution in [1.82, 2.24) is 5.32 Å². The van der Waals surface area contributed by atoms with E-state index in [1.807, 2.05) is 0 Å². The maximum atomic E-state index is 10.6. The van der Waals surface area contributed by atoms with Gasteiger partial charge in [0.15, 0.2) is 0 Å². The van der Waals surface area contributed by atoms with Crippen LogP contribution in [0.1, 0.15) is 45.4 Å². The summed E-state index contributed by atoms with van der Waals surface area (Å²) < 4.78 is 18.6. The minimum absolute atomic E-state index is 0.497. The standard InChI is InChI=1S/C9H19NO3S/c1-2-3-4-5-6-7-8-10-9(11)14(12)13/h2-8H2,1H3,(H,10,11)(H,12,13). The van der Waals surface area contributed by atoms with Gasteiger partial charge in [0.1, 0.15) is 0 Å². The summed E-state index contributed by atoms with van der Waals surface area (Å²) in [7, 11) is 0. The zero-order valence-corrected chi connectivity index (χ0v) is 9.44. The first-order valence-corrected chi connectivity index (χ1v) is 6.17. The minimum atomic E-state index is -2.37. The first kappa shape index (κ1) is 13.6. The van der Waals surface area contributed by atoms with E-state index in [1.54, 1.807) is 0 Å². The van der Waals surface area contributed by atoms with E-state index in [0.717, 1.165) is 12.8 Å². The van der Waals surface area contributed by atoms with Crippen LogP contribution in [-0.2, 0) is 11.1 Å². The topological polar surface area (TPSA) is 66.4 Å². The van der Waals surface area contributed by atoms with E-state index in [2.05, 4.69) is 12.2 Å². The summed E-state index contributed by atoms with van der Waals surface area (Å²) in [6.45, 7) is 2.66. The Morgan fingerprint density at radius 3 is 2.36 bits per heavy atom. The highest BCUT2D eigenvalue weighted by atomic mass is 32.2. The molecule has 0 radical (unpaired) electrons. The molecule has 0 heterocycles. The van der Waals surface area contributed by atoms with Crippen LogP contribution in [0.4, 0.5) is 4.79 Å². The van der Waals surface area contributed by atoms with E-state index < -0.39 is 16.3 Å². The summed E-state index contributed by atoms with van der Waals surface area (Å²) >= 11 is -2.37. The van der Waals surface area contributed by atoms with Gasteiger partial charge in [0, 0.05) is 6.54 Å². The predicted molar refractivity (Wildman–Crippen MR) is 57.5 cm³/mol. The molecule has 1 amide bonds. The van der Waals surface area contributed by atoms with Gasteiger partial charge < -0.3 is 5.32 Å². The summed E-state index contributed by atoms with van der Waals surface area (Å²) in [5.41, 5.74) is 0. The van der Waals surface area contributed by atoms with E-state index in [9.17, 15) is 9.00 Å². The molecule has 0 saturated heterocycles. The second-order valence-corrected chi connectivity index (χ2v) is 4.10. The maximum absolute atomic E-state index is 10.6. The quantitative estimate of drug-likeness (QED) is 0.512. The number of carbonyl (C=O) groups excluding carboxylic acids is 1. The molecule has 0 aliphatic carbocycles. The number of carbonyl (C=O) groups is 1. The van der Waals surface area contributed by atoms with Crippen molar-refractivity contribution in [2.75, 3.05) is 6.54 Å². The van der Waals surface area contributed by atoms with E-state index in [4.69, 9.17) is 4.55 Å². The van der Waals surface area contributed by atoms with Gasteiger partial charge in [0.25, 0.3) is 0 Å². The Morgan fingerprint density at radius 1 is 1.21 bits per heavy atom. The highest BCUT2D eigenvalue weighted by Crippen LogP contribution is 2.03. The third kappa shape index (κ3) is 8.19. The van der Waals surface area contributed by atoms with Gasteiger partial charge in [-0.25, -0.2) is 4.21 Å². The lowest BCUT2D eigenvalue weighted by Gasteiger charge is -2.01. The molecule has 84 valence electrons. The number of unbranched alkanes of at least 4 members (excludes halogenated alkanes) is 5. The Labute approximate surface area is 87.7 Å². The van der Waals surface area contributed by atoms with Gasteiger partial charge in [-0.15, -0.1) is 0 Å². The maximum Gasteiger partial charge on any atom is 0.336 e. The second kappa shape index (κ2) is 9.15. The molecular formula is C9H19NO3S. The Balaban J connectivity index is 3.13. The number of hydrogen-bond donors (Lipinski definition) is 2. The lowest BCUT2D eigenvalue weighted by atomic mass is 10.1. The predicted octanol–water partition coefficient (Wildman–Crippen LogP) is 2.28. The molecule has 0 spiro atoms. The van der Waals surface area contributed by atoms with E-state index in [1.165, 1.54) is 25.7 Å². The van der Waals surface area contributed by atoms with Crippen LogP contribution in [0, 0.1) is 0 Å². The smallest absolute Gasteiger partial charge is 0.336 e. The molecular weight excluding hydrogens is 202 g/mol. The van der Waals surface area contributed by atoms with Gasteiger partial charge in [-0.3, -0.25) is 9.35 Å². The fourth-order valence-electron chi connectivity index (χ4n) is 1.16. The lowest BCUT2D eigenvalue weighted by molar-refractivity contribution is 0.257.